The summed E-state index contributed by atoms with van der Waals surface area (Å²) >= 11 is 0. The zero-order valence-corrected chi connectivity index (χ0v) is 13.1. The van der Waals surface area contributed by atoms with Gasteiger partial charge in [-0.3, -0.25) is 9.59 Å². The number of carbonyl (C=O) groups is 2. The molecule has 0 fully saturated rings. The van der Waals surface area contributed by atoms with Gasteiger partial charge in [-0.15, -0.1) is 0 Å². The van der Waals surface area contributed by atoms with Crippen LogP contribution in [-0.2, 0) is 19.1 Å². The van der Waals surface area contributed by atoms with Crippen molar-refractivity contribution in [1.29, 1.82) is 5.26 Å². The van der Waals surface area contributed by atoms with Crippen molar-refractivity contribution in [3.05, 3.63) is 0 Å². The molecule has 0 spiro atoms. The second-order valence-electron chi connectivity index (χ2n) is 6.17. The Balaban J connectivity index is 4.22. The molecule has 0 amide bonds. The van der Waals surface area contributed by atoms with Crippen LogP contribution >= 0.6 is 0 Å². The highest BCUT2D eigenvalue weighted by atomic mass is 16.6. The lowest BCUT2D eigenvalue weighted by atomic mass is 9.83. The fraction of sp³-hybridized carbons (Fsp3) is 0.800. The number of ether oxygens (including phenoxy) is 2. The molecule has 0 heterocycles. The molecule has 114 valence electrons. The third-order valence-corrected chi connectivity index (χ3v) is 2.93. The van der Waals surface area contributed by atoms with Gasteiger partial charge in [-0.05, 0) is 34.1 Å². The maximum Gasteiger partial charge on any atom is 0.312 e. The molecule has 0 aliphatic rings. The van der Waals surface area contributed by atoms with Gasteiger partial charge in [0.15, 0.2) is 0 Å². The molecule has 0 aliphatic carbocycles. The average Bonchev–Trinajstić information content (AvgIpc) is 2.33. The fourth-order valence-electron chi connectivity index (χ4n) is 1.65. The monoisotopic (exact) mass is 283 g/mol. The predicted molar refractivity (Wildman–Crippen MR) is 74.6 cm³/mol. The summed E-state index contributed by atoms with van der Waals surface area (Å²) in [6.45, 7) is 9.00. The summed E-state index contributed by atoms with van der Waals surface area (Å²) in [5.74, 6) is -0.741. The van der Waals surface area contributed by atoms with Crippen LogP contribution in [0.1, 0.15) is 53.9 Å². The molecule has 1 unspecified atom stereocenters. The molecule has 0 aromatic heterocycles. The molecule has 0 aromatic rings. The maximum atomic E-state index is 12.0. The van der Waals surface area contributed by atoms with Gasteiger partial charge >= 0.3 is 11.9 Å². The first-order valence-corrected chi connectivity index (χ1v) is 6.89. The van der Waals surface area contributed by atoms with Crippen LogP contribution in [0.25, 0.3) is 0 Å². The van der Waals surface area contributed by atoms with E-state index in [1.165, 1.54) is 0 Å². The molecule has 5 heteroatoms. The molecular weight excluding hydrogens is 258 g/mol. The number of nitrogens with zero attached hydrogens (tertiary/aromatic N) is 1. The van der Waals surface area contributed by atoms with Crippen LogP contribution in [0.3, 0.4) is 0 Å². The fourth-order valence-corrected chi connectivity index (χ4v) is 1.65. The summed E-state index contributed by atoms with van der Waals surface area (Å²) in [6, 6.07) is 2.02. The number of carbonyl (C=O) groups excluding carboxylic acids is 2. The lowest BCUT2D eigenvalue weighted by Crippen LogP contribution is -2.31. The first kappa shape index (κ1) is 18.4. The zero-order valence-electron chi connectivity index (χ0n) is 13.1. The van der Waals surface area contributed by atoms with Crippen LogP contribution in [-0.4, -0.2) is 25.2 Å². The number of rotatable bonds is 7. The maximum absolute atomic E-state index is 12.0. The third-order valence-electron chi connectivity index (χ3n) is 2.93. The van der Waals surface area contributed by atoms with E-state index >= 15 is 0 Å². The van der Waals surface area contributed by atoms with Crippen LogP contribution in [0.5, 0.6) is 0 Å². The number of nitriles is 1. The molecule has 5 nitrogen and oxygen atoms in total. The number of hydrogen-bond acceptors (Lipinski definition) is 5. The molecule has 0 bridgehead atoms. The van der Waals surface area contributed by atoms with Crippen molar-refractivity contribution in [3.8, 4) is 6.07 Å². The van der Waals surface area contributed by atoms with Crippen LogP contribution in [0.15, 0.2) is 0 Å². The summed E-state index contributed by atoms with van der Waals surface area (Å²) in [5.41, 5.74) is -1.35. The summed E-state index contributed by atoms with van der Waals surface area (Å²) in [6.07, 6.45) is 1.52. The summed E-state index contributed by atoms with van der Waals surface area (Å²) in [5, 5.41) is 8.78. The minimum atomic E-state index is -0.780. The Hall–Kier alpha value is -1.57. The highest BCUT2D eigenvalue weighted by Gasteiger charge is 2.34. The minimum Gasteiger partial charge on any atom is -0.462 e. The van der Waals surface area contributed by atoms with Crippen molar-refractivity contribution in [2.75, 3.05) is 13.2 Å². The van der Waals surface area contributed by atoms with Gasteiger partial charge in [0.2, 0.25) is 0 Å². The molecule has 0 saturated carbocycles. The summed E-state index contributed by atoms with van der Waals surface area (Å²) in [7, 11) is 0. The van der Waals surface area contributed by atoms with E-state index in [0.29, 0.717) is 6.42 Å². The predicted octanol–water partition coefficient (Wildman–Crippen LogP) is 2.84. The Kier molecular flexibility index (Phi) is 7.26. The van der Waals surface area contributed by atoms with Gasteiger partial charge in [0.1, 0.15) is 13.2 Å². The van der Waals surface area contributed by atoms with Crippen molar-refractivity contribution in [2.24, 2.45) is 10.8 Å². The highest BCUT2D eigenvalue weighted by Crippen LogP contribution is 2.28. The molecule has 0 rings (SSSR count). The second kappa shape index (κ2) is 7.88. The van der Waals surface area contributed by atoms with Gasteiger partial charge in [-0.2, -0.15) is 5.26 Å². The van der Waals surface area contributed by atoms with Gasteiger partial charge in [0, 0.05) is 0 Å². The van der Waals surface area contributed by atoms with Crippen molar-refractivity contribution in [1.82, 2.24) is 0 Å². The van der Waals surface area contributed by atoms with E-state index in [1.54, 1.807) is 27.7 Å². The van der Waals surface area contributed by atoms with E-state index in [0.717, 1.165) is 6.42 Å². The zero-order chi connectivity index (χ0) is 15.8. The molecule has 20 heavy (non-hydrogen) atoms. The third kappa shape index (κ3) is 6.05. The normalized spacial score (nSPS) is 14.0. The second-order valence-corrected chi connectivity index (χ2v) is 6.17. The lowest BCUT2D eigenvalue weighted by molar-refractivity contribution is -0.163. The van der Waals surface area contributed by atoms with Crippen molar-refractivity contribution in [2.45, 2.75) is 53.9 Å². The first-order valence-electron chi connectivity index (χ1n) is 6.89. The van der Waals surface area contributed by atoms with Gasteiger partial charge in [0.05, 0.1) is 23.3 Å². The Morgan fingerprint density at radius 2 is 1.55 bits per heavy atom. The Morgan fingerprint density at radius 1 is 1.05 bits per heavy atom. The number of esters is 2. The molecule has 0 aliphatic heterocycles. The smallest absolute Gasteiger partial charge is 0.312 e. The van der Waals surface area contributed by atoms with Gasteiger partial charge in [-0.1, -0.05) is 13.3 Å². The highest BCUT2D eigenvalue weighted by molar-refractivity contribution is 5.77. The SMILES string of the molecule is CCCC(C)(CC#N)C(=O)OCCOC(=O)C(C)(C)C. The molecule has 0 aromatic carbocycles. The Labute approximate surface area is 121 Å². The minimum absolute atomic E-state index is 0.0192. The van der Waals surface area contributed by atoms with Crippen molar-refractivity contribution in [3.63, 3.8) is 0 Å². The van der Waals surface area contributed by atoms with Crippen LogP contribution in [0.4, 0.5) is 0 Å². The van der Waals surface area contributed by atoms with E-state index in [2.05, 4.69) is 0 Å². The quantitative estimate of drug-likeness (QED) is 0.530. The van der Waals surface area contributed by atoms with Crippen LogP contribution in [0.2, 0.25) is 0 Å². The van der Waals surface area contributed by atoms with E-state index in [9.17, 15) is 9.59 Å². The lowest BCUT2D eigenvalue weighted by Gasteiger charge is -2.24. The topological polar surface area (TPSA) is 76.4 Å². The van der Waals surface area contributed by atoms with Crippen LogP contribution in [0, 0.1) is 22.2 Å². The van der Waals surface area contributed by atoms with Crippen molar-refractivity contribution >= 4 is 11.9 Å². The molecule has 1 atom stereocenters. The Morgan fingerprint density at radius 3 is 1.95 bits per heavy atom. The Bertz CT molecular complexity index is 378. The van der Waals surface area contributed by atoms with E-state index in [1.807, 2.05) is 13.0 Å². The molecule has 0 saturated heterocycles. The van der Waals surface area contributed by atoms with Crippen LogP contribution < -0.4 is 0 Å². The molecule has 0 N–H and O–H groups in total. The van der Waals surface area contributed by atoms with E-state index in [4.69, 9.17) is 14.7 Å². The first-order chi connectivity index (χ1) is 9.17. The summed E-state index contributed by atoms with van der Waals surface area (Å²) < 4.78 is 10.1. The average molecular weight is 283 g/mol. The van der Waals surface area contributed by atoms with E-state index in [-0.39, 0.29) is 25.6 Å². The van der Waals surface area contributed by atoms with Crippen molar-refractivity contribution < 1.29 is 19.1 Å². The van der Waals surface area contributed by atoms with Gasteiger partial charge in [-0.25, -0.2) is 0 Å². The molecule has 0 radical (unpaired) electrons. The summed E-state index contributed by atoms with van der Waals surface area (Å²) in [4.78, 5) is 23.5. The molecular formula is C15H25NO4. The number of hydrogen-bond donors (Lipinski definition) is 0. The van der Waals surface area contributed by atoms with Gasteiger partial charge in [0.25, 0.3) is 0 Å². The van der Waals surface area contributed by atoms with E-state index < -0.39 is 16.8 Å². The largest absolute Gasteiger partial charge is 0.462 e. The van der Waals surface area contributed by atoms with Gasteiger partial charge < -0.3 is 9.47 Å². The standard InChI is InChI=1S/C15H25NO4/c1-6-7-15(5,8-9-16)13(18)20-11-10-19-12(17)14(2,3)4/h6-8,10-11H2,1-5H3.